The minimum atomic E-state index is -1.07. The van der Waals surface area contributed by atoms with Gasteiger partial charge in [0, 0.05) is 37.5 Å². The quantitative estimate of drug-likeness (QED) is 0.581. The fourth-order valence-electron chi connectivity index (χ4n) is 2.52. The van der Waals surface area contributed by atoms with Crippen LogP contribution in [0.25, 0.3) is 11.3 Å². The first-order valence-electron chi connectivity index (χ1n) is 7.60. The highest BCUT2D eigenvalue weighted by molar-refractivity contribution is 5.86. The zero-order valence-corrected chi connectivity index (χ0v) is 13.1. The number of fused-ring (bicyclic) bond motifs is 1. The van der Waals surface area contributed by atoms with Crippen LogP contribution in [0, 0.1) is 0 Å². The average molecular weight is 334 g/mol. The van der Waals surface area contributed by atoms with Crippen molar-refractivity contribution in [3.8, 4) is 5.69 Å². The summed E-state index contributed by atoms with van der Waals surface area (Å²) in [5.41, 5.74) is 2.51. The summed E-state index contributed by atoms with van der Waals surface area (Å²) in [6, 6.07) is 9.83. The highest BCUT2D eigenvalue weighted by Gasteiger charge is 2.12. The summed E-state index contributed by atoms with van der Waals surface area (Å²) in [6.07, 6.45) is 8.35. The number of nitrogens with one attached hydrogen (secondary N) is 1. The van der Waals surface area contributed by atoms with Gasteiger partial charge in [-0.15, -0.1) is 0 Å². The number of aromatic nitrogens is 5. The number of carboxylic acids is 1. The maximum Gasteiger partial charge on any atom is 0.356 e. The molecular weight excluding hydrogens is 320 g/mol. The lowest BCUT2D eigenvalue weighted by Gasteiger charge is -2.08. The average Bonchev–Trinajstić information content (AvgIpc) is 3.30. The zero-order valence-electron chi connectivity index (χ0n) is 13.1. The molecule has 0 atom stereocenters. The molecule has 4 rings (SSSR count). The van der Waals surface area contributed by atoms with Crippen LogP contribution in [-0.4, -0.2) is 35.2 Å². The standard InChI is InChI=1S/C17H14N6O2/c24-17(25)14-11-22-9-7-18-15(16(22)21-14)19-10-12-2-4-13(5-3-12)23-8-1-6-20-23/h1-9,11H,10H2,(H,18,19)(H,24,25). The van der Waals surface area contributed by atoms with E-state index in [0.29, 0.717) is 18.0 Å². The third-order valence-corrected chi connectivity index (χ3v) is 3.76. The molecule has 25 heavy (non-hydrogen) atoms. The minimum absolute atomic E-state index is 0.0142. The fourth-order valence-corrected chi connectivity index (χ4v) is 2.52. The predicted molar refractivity (Wildman–Crippen MR) is 90.8 cm³/mol. The van der Waals surface area contributed by atoms with Crippen molar-refractivity contribution in [1.82, 2.24) is 24.1 Å². The lowest BCUT2D eigenvalue weighted by Crippen LogP contribution is -2.04. The number of carboxylic acid groups (broad SMARTS) is 1. The van der Waals surface area contributed by atoms with E-state index in [9.17, 15) is 4.79 Å². The van der Waals surface area contributed by atoms with E-state index < -0.39 is 5.97 Å². The third kappa shape index (κ3) is 2.92. The van der Waals surface area contributed by atoms with Crippen LogP contribution < -0.4 is 5.32 Å². The maximum atomic E-state index is 11.1. The number of hydrogen-bond donors (Lipinski definition) is 2. The Hall–Kier alpha value is -3.68. The van der Waals surface area contributed by atoms with Crippen molar-refractivity contribution >= 4 is 17.4 Å². The van der Waals surface area contributed by atoms with E-state index in [0.717, 1.165) is 11.3 Å². The van der Waals surface area contributed by atoms with Gasteiger partial charge < -0.3 is 14.8 Å². The molecule has 0 aliphatic rings. The second-order valence-electron chi connectivity index (χ2n) is 5.41. The van der Waals surface area contributed by atoms with Gasteiger partial charge in [-0.1, -0.05) is 12.1 Å². The van der Waals surface area contributed by atoms with E-state index in [-0.39, 0.29) is 5.69 Å². The van der Waals surface area contributed by atoms with E-state index >= 15 is 0 Å². The van der Waals surface area contributed by atoms with E-state index in [2.05, 4.69) is 20.4 Å². The Morgan fingerprint density at radius 1 is 1.16 bits per heavy atom. The minimum Gasteiger partial charge on any atom is -0.476 e. The summed E-state index contributed by atoms with van der Waals surface area (Å²) in [4.78, 5) is 19.4. The smallest absolute Gasteiger partial charge is 0.356 e. The zero-order chi connectivity index (χ0) is 17.2. The van der Waals surface area contributed by atoms with Gasteiger partial charge in [-0.25, -0.2) is 19.4 Å². The molecule has 0 saturated heterocycles. The van der Waals surface area contributed by atoms with Crippen LogP contribution in [0.3, 0.4) is 0 Å². The van der Waals surface area contributed by atoms with Gasteiger partial charge in [0.2, 0.25) is 0 Å². The van der Waals surface area contributed by atoms with Crippen molar-refractivity contribution in [2.24, 2.45) is 0 Å². The fraction of sp³-hybridized carbons (Fsp3) is 0.0588. The van der Waals surface area contributed by atoms with Crippen LogP contribution in [0.2, 0.25) is 0 Å². The summed E-state index contributed by atoms with van der Waals surface area (Å²) in [6.45, 7) is 0.543. The monoisotopic (exact) mass is 334 g/mol. The molecule has 124 valence electrons. The summed E-state index contributed by atoms with van der Waals surface area (Å²) in [5, 5.41) is 16.5. The number of imidazole rings is 1. The molecule has 2 N–H and O–H groups in total. The molecule has 0 radical (unpaired) electrons. The molecule has 0 aliphatic heterocycles. The Balaban J connectivity index is 1.53. The molecule has 0 fully saturated rings. The van der Waals surface area contributed by atoms with E-state index in [1.165, 1.54) is 6.20 Å². The highest BCUT2D eigenvalue weighted by Crippen LogP contribution is 2.15. The molecule has 0 bridgehead atoms. The Labute approximate surface area is 142 Å². The highest BCUT2D eigenvalue weighted by atomic mass is 16.4. The molecule has 1 aromatic carbocycles. The van der Waals surface area contributed by atoms with E-state index in [4.69, 9.17) is 5.11 Å². The Morgan fingerprint density at radius 2 is 2.00 bits per heavy atom. The molecule has 8 heteroatoms. The number of nitrogens with zero attached hydrogens (tertiary/aromatic N) is 5. The first-order chi connectivity index (χ1) is 12.2. The largest absolute Gasteiger partial charge is 0.476 e. The second-order valence-corrected chi connectivity index (χ2v) is 5.41. The Bertz CT molecular complexity index is 1020. The number of aromatic carboxylic acids is 1. The van der Waals surface area contributed by atoms with Crippen LogP contribution in [0.5, 0.6) is 0 Å². The van der Waals surface area contributed by atoms with E-state index in [1.807, 2.05) is 36.5 Å². The van der Waals surface area contributed by atoms with Crippen molar-refractivity contribution in [3.63, 3.8) is 0 Å². The molecule has 8 nitrogen and oxygen atoms in total. The number of carbonyl (C=O) groups is 1. The van der Waals surface area contributed by atoms with Crippen molar-refractivity contribution < 1.29 is 9.90 Å². The van der Waals surface area contributed by atoms with Gasteiger partial charge in [0.05, 0.1) is 5.69 Å². The second kappa shape index (κ2) is 6.08. The predicted octanol–water partition coefficient (Wildman–Crippen LogP) is 2.23. The molecule has 0 aliphatic carbocycles. The molecule has 0 amide bonds. The molecule has 0 spiro atoms. The van der Waals surface area contributed by atoms with Gasteiger partial charge in [-0.05, 0) is 23.8 Å². The summed E-state index contributed by atoms with van der Waals surface area (Å²) in [7, 11) is 0. The van der Waals surface area contributed by atoms with Gasteiger partial charge in [-0.3, -0.25) is 0 Å². The third-order valence-electron chi connectivity index (χ3n) is 3.76. The summed E-state index contributed by atoms with van der Waals surface area (Å²) < 4.78 is 3.43. The van der Waals surface area contributed by atoms with Crippen molar-refractivity contribution in [2.75, 3.05) is 5.32 Å². The molecule has 4 aromatic rings. The first-order valence-corrected chi connectivity index (χ1v) is 7.60. The van der Waals surface area contributed by atoms with Crippen LogP contribution in [-0.2, 0) is 6.54 Å². The SMILES string of the molecule is O=C(O)c1cn2ccnc(NCc3ccc(-n4cccn4)cc3)c2n1. The van der Waals surface area contributed by atoms with Gasteiger partial charge in [0.1, 0.15) is 0 Å². The van der Waals surface area contributed by atoms with Crippen molar-refractivity contribution in [2.45, 2.75) is 6.54 Å². The lowest BCUT2D eigenvalue weighted by molar-refractivity contribution is 0.0691. The molecule has 0 unspecified atom stereocenters. The Kier molecular flexibility index (Phi) is 3.62. The molecule has 3 heterocycles. The van der Waals surface area contributed by atoms with Crippen LogP contribution in [0.1, 0.15) is 16.1 Å². The number of benzene rings is 1. The maximum absolute atomic E-state index is 11.1. The lowest BCUT2D eigenvalue weighted by atomic mass is 10.2. The topological polar surface area (TPSA) is 97.3 Å². The summed E-state index contributed by atoms with van der Waals surface area (Å²) >= 11 is 0. The van der Waals surface area contributed by atoms with E-state index in [1.54, 1.807) is 27.7 Å². The normalized spacial score (nSPS) is 10.9. The number of rotatable bonds is 5. The van der Waals surface area contributed by atoms with Crippen LogP contribution >= 0.6 is 0 Å². The number of anilines is 1. The molecule has 3 aromatic heterocycles. The van der Waals surface area contributed by atoms with Crippen LogP contribution in [0.4, 0.5) is 5.82 Å². The van der Waals surface area contributed by atoms with Crippen molar-refractivity contribution in [1.29, 1.82) is 0 Å². The Morgan fingerprint density at radius 3 is 2.72 bits per heavy atom. The molecular formula is C17H14N6O2. The number of hydrogen-bond acceptors (Lipinski definition) is 5. The van der Waals surface area contributed by atoms with Gasteiger partial charge >= 0.3 is 5.97 Å². The first kappa shape index (κ1) is 14.9. The van der Waals surface area contributed by atoms with Crippen molar-refractivity contribution in [3.05, 3.63) is 72.6 Å². The van der Waals surface area contributed by atoms with Gasteiger partial charge in [-0.2, -0.15) is 5.10 Å². The van der Waals surface area contributed by atoms with Crippen LogP contribution in [0.15, 0.2) is 61.3 Å². The van der Waals surface area contributed by atoms with Gasteiger partial charge in [0.15, 0.2) is 17.2 Å². The summed E-state index contributed by atoms with van der Waals surface area (Å²) in [5.74, 6) is -0.532. The van der Waals surface area contributed by atoms with Gasteiger partial charge in [0.25, 0.3) is 0 Å². The molecule has 0 saturated carbocycles.